The Bertz CT molecular complexity index is 368. The lowest BCUT2D eigenvalue weighted by atomic mass is 10.2. The Morgan fingerprint density at radius 1 is 1.73 bits per heavy atom. The molecule has 4 nitrogen and oxygen atoms in total. The monoisotopic (exact) mass is 272 g/mol. The van der Waals surface area contributed by atoms with Crippen LogP contribution in [0, 0.1) is 0 Å². The van der Waals surface area contributed by atoms with Gasteiger partial charge in [-0.25, -0.2) is 9.78 Å². The molecule has 1 unspecified atom stereocenters. The number of aromatic nitrogens is 1. The highest BCUT2D eigenvalue weighted by atomic mass is 79.9. The topological polar surface area (TPSA) is 62.2 Å². The molecular weight excluding hydrogens is 260 g/mol. The molecule has 0 aromatic carbocycles. The van der Waals surface area contributed by atoms with Crippen molar-refractivity contribution in [3.8, 4) is 0 Å². The number of carboxylic acid groups (broad SMARTS) is 1. The molecule has 0 saturated heterocycles. The quantitative estimate of drug-likeness (QED) is 0.885. The van der Waals surface area contributed by atoms with Crippen LogP contribution in [0.2, 0.25) is 0 Å². The van der Waals surface area contributed by atoms with Crippen LogP contribution in [0.1, 0.15) is 30.6 Å². The van der Waals surface area contributed by atoms with Gasteiger partial charge in [-0.15, -0.1) is 0 Å². The van der Waals surface area contributed by atoms with Gasteiger partial charge >= 0.3 is 5.97 Å². The number of nitrogens with zero attached hydrogens (tertiary/aromatic N) is 1. The normalized spacial score (nSPS) is 12.2. The molecule has 0 fully saturated rings. The standard InChI is InChI=1S/C10H13BrN2O2/c1-3-6(2)13-9-8(10(14)15)4-7(11)5-12-9/h4-6H,3H2,1-2H3,(H,12,13)(H,14,15). The molecular formula is C10H13BrN2O2. The van der Waals surface area contributed by atoms with Crippen molar-refractivity contribution in [3.63, 3.8) is 0 Å². The van der Waals surface area contributed by atoms with Crippen molar-refractivity contribution in [1.29, 1.82) is 0 Å². The van der Waals surface area contributed by atoms with Gasteiger partial charge in [0.25, 0.3) is 0 Å². The van der Waals surface area contributed by atoms with E-state index in [2.05, 4.69) is 26.2 Å². The predicted octanol–water partition coefficient (Wildman–Crippen LogP) is 2.75. The Kier molecular flexibility index (Phi) is 4.08. The summed E-state index contributed by atoms with van der Waals surface area (Å²) in [7, 11) is 0. The Hall–Kier alpha value is -1.10. The summed E-state index contributed by atoms with van der Waals surface area (Å²) in [5.41, 5.74) is 0.185. The number of nitrogens with one attached hydrogen (secondary N) is 1. The van der Waals surface area contributed by atoms with E-state index in [4.69, 9.17) is 5.11 Å². The zero-order chi connectivity index (χ0) is 11.4. The van der Waals surface area contributed by atoms with Gasteiger partial charge in [0.1, 0.15) is 11.4 Å². The fourth-order valence-electron chi connectivity index (χ4n) is 1.05. The molecule has 1 atom stereocenters. The maximum atomic E-state index is 10.9. The van der Waals surface area contributed by atoms with Crippen LogP contribution in [0.15, 0.2) is 16.7 Å². The highest BCUT2D eigenvalue weighted by Gasteiger charge is 2.13. The minimum Gasteiger partial charge on any atom is -0.478 e. The third kappa shape index (κ3) is 3.20. The summed E-state index contributed by atoms with van der Waals surface area (Å²) in [6.07, 6.45) is 2.49. The van der Waals surface area contributed by atoms with Gasteiger partial charge in [0.15, 0.2) is 0 Å². The average Bonchev–Trinajstić information content (AvgIpc) is 2.20. The summed E-state index contributed by atoms with van der Waals surface area (Å²) in [6.45, 7) is 4.01. The summed E-state index contributed by atoms with van der Waals surface area (Å²) in [5.74, 6) is -0.561. The third-order valence-corrected chi connectivity index (χ3v) is 2.51. The second kappa shape index (κ2) is 5.11. The van der Waals surface area contributed by atoms with Gasteiger partial charge in [-0.05, 0) is 35.3 Å². The van der Waals surface area contributed by atoms with Crippen molar-refractivity contribution in [2.45, 2.75) is 26.3 Å². The third-order valence-electron chi connectivity index (χ3n) is 2.08. The highest BCUT2D eigenvalue weighted by Crippen LogP contribution is 2.19. The highest BCUT2D eigenvalue weighted by molar-refractivity contribution is 9.10. The summed E-state index contributed by atoms with van der Waals surface area (Å²) in [4.78, 5) is 15.0. The van der Waals surface area contributed by atoms with Gasteiger partial charge in [0, 0.05) is 16.7 Å². The fraction of sp³-hybridized carbons (Fsp3) is 0.400. The number of rotatable bonds is 4. The molecule has 0 bridgehead atoms. The van der Waals surface area contributed by atoms with Gasteiger partial charge < -0.3 is 10.4 Å². The first-order chi connectivity index (χ1) is 7.04. The van der Waals surface area contributed by atoms with E-state index in [-0.39, 0.29) is 11.6 Å². The summed E-state index contributed by atoms with van der Waals surface area (Å²) in [6, 6.07) is 1.75. The van der Waals surface area contributed by atoms with Crippen molar-refractivity contribution in [3.05, 3.63) is 22.3 Å². The first-order valence-corrected chi connectivity index (χ1v) is 5.49. The molecule has 0 spiro atoms. The van der Waals surface area contributed by atoms with E-state index in [9.17, 15) is 4.79 Å². The van der Waals surface area contributed by atoms with Crippen molar-refractivity contribution in [1.82, 2.24) is 4.98 Å². The SMILES string of the molecule is CCC(C)Nc1ncc(Br)cc1C(=O)O. The van der Waals surface area contributed by atoms with Gasteiger partial charge in [-0.2, -0.15) is 0 Å². The van der Waals surface area contributed by atoms with E-state index in [1.807, 2.05) is 13.8 Å². The van der Waals surface area contributed by atoms with E-state index in [1.54, 1.807) is 12.3 Å². The molecule has 0 saturated carbocycles. The fourth-order valence-corrected chi connectivity index (χ4v) is 1.38. The van der Waals surface area contributed by atoms with Crippen LogP contribution in [0.3, 0.4) is 0 Å². The summed E-state index contributed by atoms with van der Waals surface area (Å²) < 4.78 is 0.662. The number of anilines is 1. The molecule has 15 heavy (non-hydrogen) atoms. The lowest BCUT2D eigenvalue weighted by Crippen LogP contribution is -2.17. The molecule has 1 heterocycles. The zero-order valence-electron chi connectivity index (χ0n) is 8.62. The van der Waals surface area contributed by atoms with Crippen molar-refractivity contribution >= 4 is 27.7 Å². The van der Waals surface area contributed by atoms with Crippen molar-refractivity contribution in [2.75, 3.05) is 5.32 Å². The summed E-state index contributed by atoms with van der Waals surface area (Å²) >= 11 is 3.19. The Balaban J connectivity index is 3.01. The molecule has 1 aromatic rings. The molecule has 0 aliphatic carbocycles. The first-order valence-electron chi connectivity index (χ1n) is 4.70. The Labute approximate surface area is 96.8 Å². The molecule has 0 aliphatic heterocycles. The van der Waals surface area contributed by atoms with Crippen LogP contribution < -0.4 is 5.32 Å². The van der Waals surface area contributed by atoms with Crippen molar-refractivity contribution < 1.29 is 9.90 Å². The van der Waals surface area contributed by atoms with Gasteiger partial charge in [-0.1, -0.05) is 6.92 Å². The number of carboxylic acids is 1. The van der Waals surface area contributed by atoms with E-state index < -0.39 is 5.97 Å². The van der Waals surface area contributed by atoms with Crippen LogP contribution in [0.25, 0.3) is 0 Å². The molecule has 0 amide bonds. The molecule has 0 radical (unpaired) electrons. The van der Waals surface area contributed by atoms with E-state index in [0.717, 1.165) is 6.42 Å². The molecule has 0 aliphatic rings. The second-order valence-corrected chi connectivity index (χ2v) is 4.22. The number of halogens is 1. The van der Waals surface area contributed by atoms with Crippen LogP contribution in [-0.4, -0.2) is 22.1 Å². The second-order valence-electron chi connectivity index (χ2n) is 3.31. The number of aromatic carboxylic acids is 1. The maximum Gasteiger partial charge on any atom is 0.339 e. The minimum atomic E-state index is -0.977. The molecule has 1 aromatic heterocycles. The lowest BCUT2D eigenvalue weighted by molar-refractivity contribution is 0.0697. The van der Waals surface area contributed by atoms with E-state index in [1.165, 1.54) is 0 Å². The zero-order valence-corrected chi connectivity index (χ0v) is 10.2. The van der Waals surface area contributed by atoms with Crippen LogP contribution in [-0.2, 0) is 0 Å². The number of hydrogen-bond acceptors (Lipinski definition) is 3. The molecule has 2 N–H and O–H groups in total. The van der Waals surface area contributed by atoms with Crippen molar-refractivity contribution in [2.24, 2.45) is 0 Å². The maximum absolute atomic E-state index is 10.9. The molecule has 5 heteroatoms. The lowest BCUT2D eigenvalue weighted by Gasteiger charge is -2.13. The molecule has 1 rings (SSSR count). The Morgan fingerprint density at radius 2 is 2.40 bits per heavy atom. The largest absolute Gasteiger partial charge is 0.478 e. The molecule has 82 valence electrons. The average molecular weight is 273 g/mol. The Morgan fingerprint density at radius 3 is 2.93 bits per heavy atom. The van der Waals surface area contributed by atoms with Gasteiger partial charge in [0.2, 0.25) is 0 Å². The van der Waals surface area contributed by atoms with Gasteiger partial charge in [0.05, 0.1) is 0 Å². The summed E-state index contributed by atoms with van der Waals surface area (Å²) in [5, 5.41) is 12.0. The smallest absolute Gasteiger partial charge is 0.339 e. The van der Waals surface area contributed by atoms with E-state index in [0.29, 0.717) is 10.3 Å². The minimum absolute atomic E-state index is 0.185. The predicted molar refractivity (Wildman–Crippen MR) is 62.3 cm³/mol. The number of carbonyl (C=O) groups is 1. The van der Waals surface area contributed by atoms with Crippen LogP contribution in [0.4, 0.5) is 5.82 Å². The number of pyridine rings is 1. The first kappa shape index (κ1) is 12.0. The van der Waals surface area contributed by atoms with E-state index >= 15 is 0 Å². The van der Waals surface area contributed by atoms with Gasteiger partial charge in [-0.3, -0.25) is 0 Å². The van der Waals surface area contributed by atoms with Crippen LogP contribution in [0.5, 0.6) is 0 Å². The van der Waals surface area contributed by atoms with Crippen LogP contribution >= 0.6 is 15.9 Å². The number of hydrogen-bond donors (Lipinski definition) is 2.